The van der Waals surface area contributed by atoms with Gasteiger partial charge < -0.3 is 9.47 Å². The van der Waals surface area contributed by atoms with Crippen LogP contribution < -0.4 is 0 Å². The maximum atomic E-state index is 11.4. The Labute approximate surface area is 133 Å². The molecule has 0 rings (SSSR count). The zero-order valence-corrected chi connectivity index (χ0v) is 15.3. The van der Waals surface area contributed by atoms with Gasteiger partial charge in [-0.15, -0.1) is 0 Å². The number of hydrogen-bond donors (Lipinski definition) is 0. The van der Waals surface area contributed by atoms with E-state index in [1.165, 1.54) is 7.11 Å². The summed E-state index contributed by atoms with van der Waals surface area (Å²) in [6.45, 7) is 3.64. The van der Waals surface area contributed by atoms with Crippen LogP contribution in [0, 0.1) is 5.92 Å². The minimum atomic E-state index is -3.67. The summed E-state index contributed by atoms with van der Waals surface area (Å²) < 4.78 is 64.8. The molecule has 0 aliphatic rings. The SMILES string of the molecule is COCO[C@H](CCOS(C)(=O)=O)[C@H](CC(C)C)OS(C)(=O)=O. The Kier molecular flexibility index (Phi) is 9.67. The highest BCUT2D eigenvalue weighted by Crippen LogP contribution is 2.19. The van der Waals surface area contributed by atoms with Crippen molar-refractivity contribution < 1.29 is 34.7 Å². The summed E-state index contributed by atoms with van der Waals surface area (Å²) in [6.07, 6.45) is 1.08. The van der Waals surface area contributed by atoms with Gasteiger partial charge in [-0.3, -0.25) is 8.37 Å². The predicted octanol–water partition coefficient (Wildman–Crippen LogP) is 0.733. The fourth-order valence-electron chi connectivity index (χ4n) is 1.79. The van der Waals surface area contributed by atoms with Crippen molar-refractivity contribution in [3.8, 4) is 0 Å². The predicted molar refractivity (Wildman–Crippen MR) is 81.3 cm³/mol. The zero-order valence-electron chi connectivity index (χ0n) is 13.6. The van der Waals surface area contributed by atoms with Gasteiger partial charge in [0.15, 0.2) is 0 Å². The maximum absolute atomic E-state index is 11.4. The van der Waals surface area contributed by atoms with Gasteiger partial charge in [0.25, 0.3) is 20.2 Å². The second kappa shape index (κ2) is 9.78. The summed E-state index contributed by atoms with van der Waals surface area (Å²) in [5, 5.41) is 0. The second-order valence-electron chi connectivity index (χ2n) is 5.39. The molecule has 0 spiro atoms. The molecule has 22 heavy (non-hydrogen) atoms. The lowest BCUT2D eigenvalue weighted by Crippen LogP contribution is -2.36. The van der Waals surface area contributed by atoms with Crippen LogP contribution in [-0.4, -0.2) is 62.1 Å². The topological polar surface area (TPSA) is 105 Å². The van der Waals surface area contributed by atoms with E-state index in [1.807, 2.05) is 13.8 Å². The molecule has 0 heterocycles. The normalized spacial score (nSPS) is 15.9. The maximum Gasteiger partial charge on any atom is 0.264 e. The van der Waals surface area contributed by atoms with Crippen LogP contribution in [-0.2, 0) is 38.1 Å². The summed E-state index contributed by atoms with van der Waals surface area (Å²) in [5.74, 6) is 0.163. The largest absolute Gasteiger partial charge is 0.359 e. The van der Waals surface area contributed by atoms with Gasteiger partial charge in [0.1, 0.15) is 12.9 Å². The quantitative estimate of drug-likeness (QED) is 0.370. The molecular formula is C12H26O8S2. The Bertz CT molecular complexity index is 497. The Morgan fingerprint density at radius 2 is 1.55 bits per heavy atom. The lowest BCUT2D eigenvalue weighted by Gasteiger charge is -2.27. The van der Waals surface area contributed by atoms with E-state index in [2.05, 4.69) is 4.18 Å². The summed E-state index contributed by atoms with van der Waals surface area (Å²) >= 11 is 0. The molecule has 0 aromatic rings. The van der Waals surface area contributed by atoms with Gasteiger partial charge in [-0.2, -0.15) is 16.8 Å². The van der Waals surface area contributed by atoms with Gasteiger partial charge in [-0.05, 0) is 12.3 Å². The molecule has 0 aromatic carbocycles. The van der Waals surface area contributed by atoms with E-state index in [-0.39, 0.29) is 25.7 Å². The molecule has 0 N–H and O–H groups in total. The first kappa shape index (κ1) is 21.7. The fourth-order valence-corrected chi connectivity index (χ4v) is 2.84. The van der Waals surface area contributed by atoms with Crippen LogP contribution in [0.1, 0.15) is 26.7 Å². The summed E-state index contributed by atoms with van der Waals surface area (Å²) in [4.78, 5) is 0. The molecule has 0 fully saturated rings. The van der Waals surface area contributed by atoms with Crippen LogP contribution in [0.15, 0.2) is 0 Å². The van der Waals surface area contributed by atoms with Gasteiger partial charge in [0, 0.05) is 13.5 Å². The molecule has 2 atom stereocenters. The summed E-state index contributed by atoms with van der Waals surface area (Å²) in [6, 6.07) is 0. The van der Waals surface area contributed by atoms with Crippen molar-refractivity contribution in [2.45, 2.75) is 38.9 Å². The van der Waals surface area contributed by atoms with Gasteiger partial charge >= 0.3 is 0 Å². The lowest BCUT2D eigenvalue weighted by molar-refractivity contribution is -0.113. The summed E-state index contributed by atoms with van der Waals surface area (Å²) in [7, 11) is -5.81. The van der Waals surface area contributed by atoms with Crippen LogP contribution in [0.4, 0.5) is 0 Å². The first-order valence-corrected chi connectivity index (χ1v) is 10.4. The van der Waals surface area contributed by atoms with Crippen molar-refractivity contribution in [1.82, 2.24) is 0 Å². The molecule has 10 heteroatoms. The van der Waals surface area contributed by atoms with Crippen LogP contribution in [0.3, 0.4) is 0 Å². The molecule has 0 saturated carbocycles. The number of methoxy groups -OCH3 is 1. The van der Waals surface area contributed by atoms with E-state index >= 15 is 0 Å². The van der Waals surface area contributed by atoms with E-state index in [9.17, 15) is 16.8 Å². The average Bonchev–Trinajstić information content (AvgIpc) is 2.28. The van der Waals surface area contributed by atoms with Crippen molar-refractivity contribution in [3.63, 3.8) is 0 Å². The van der Waals surface area contributed by atoms with E-state index in [0.29, 0.717) is 6.42 Å². The third-order valence-corrected chi connectivity index (χ3v) is 3.71. The second-order valence-corrected chi connectivity index (χ2v) is 8.64. The van der Waals surface area contributed by atoms with Crippen molar-refractivity contribution in [3.05, 3.63) is 0 Å². The molecule has 0 aliphatic carbocycles. The number of hydrogen-bond acceptors (Lipinski definition) is 8. The molecule has 0 amide bonds. The molecule has 8 nitrogen and oxygen atoms in total. The van der Waals surface area contributed by atoms with Crippen molar-refractivity contribution in [2.75, 3.05) is 33.0 Å². The molecule has 0 aromatic heterocycles. The first-order valence-electron chi connectivity index (χ1n) is 6.77. The summed E-state index contributed by atoms with van der Waals surface area (Å²) in [5.41, 5.74) is 0. The first-order chi connectivity index (χ1) is 9.94. The van der Waals surface area contributed by atoms with E-state index in [1.54, 1.807) is 0 Å². The number of rotatable bonds is 12. The fraction of sp³-hybridized carbons (Fsp3) is 1.00. The molecule has 0 bridgehead atoms. The van der Waals surface area contributed by atoms with E-state index in [0.717, 1.165) is 12.5 Å². The van der Waals surface area contributed by atoms with Crippen LogP contribution >= 0.6 is 0 Å². The Morgan fingerprint density at radius 1 is 0.955 bits per heavy atom. The monoisotopic (exact) mass is 362 g/mol. The molecular weight excluding hydrogens is 336 g/mol. The number of ether oxygens (including phenoxy) is 2. The Morgan fingerprint density at radius 3 is 1.95 bits per heavy atom. The zero-order chi connectivity index (χ0) is 17.4. The van der Waals surface area contributed by atoms with Gasteiger partial charge in [0.05, 0.1) is 25.2 Å². The van der Waals surface area contributed by atoms with E-state index < -0.39 is 32.4 Å². The van der Waals surface area contributed by atoms with Crippen molar-refractivity contribution >= 4 is 20.2 Å². The highest BCUT2D eigenvalue weighted by Gasteiger charge is 2.28. The third-order valence-electron chi connectivity index (χ3n) is 2.52. The minimum absolute atomic E-state index is 0.0642. The Hall–Kier alpha value is -0.260. The Balaban J connectivity index is 4.93. The van der Waals surface area contributed by atoms with Crippen LogP contribution in [0.5, 0.6) is 0 Å². The molecule has 0 radical (unpaired) electrons. The lowest BCUT2D eigenvalue weighted by atomic mass is 10.0. The van der Waals surface area contributed by atoms with Crippen molar-refractivity contribution in [1.29, 1.82) is 0 Å². The highest BCUT2D eigenvalue weighted by atomic mass is 32.2. The molecule has 134 valence electrons. The smallest absolute Gasteiger partial charge is 0.264 e. The standard InChI is InChI=1S/C12H26O8S2/c1-10(2)8-12(20-22(5,15)16)11(18-9-17-3)6-7-19-21(4,13)14/h10-12H,6-9H2,1-5H3/t11-,12+/m1/s1. The van der Waals surface area contributed by atoms with E-state index in [4.69, 9.17) is 13.7 Å². The van der Waals surface area contributed by atoms with Gasteiger partial charge in [-0.25, -0.2) is 0 Å². The minimum Gasteiger partial charge on any atom is -0.359 e. The van der Waals surface area contributed by atoms with Gasteiger partial charge in [0.2, 0.25) is 0 Å². The average molecular weight is 362 g/mol. The van der Waals surface area contributed by atoms with Crippen molar-refractivity contribution in [2.24, 2.45) is 5.92 Å². The third kappa shape index (κ3) is 12.3. The highest BCUT2D eigenvalue weighted by molar-refractivity contribution is 7.86. The molecule has 0 unspecified atom stereocenters. The molecule has 0 saturated heterocycles. The molecule has 0 aliphatic heterocycles. The van der Waals surface area contributed by atoms with Crippen LogP contribution in [0.25, 0.3) is 0 Å². The van der Waals surface area contributed by atoms with Gasteiger partial charge in [-0.1, -0.05) is 13.8 Å². The van der Waals surface area contributed by atoms with Crippen LogP contribution in [0.2, 0.25) is 0 Å².